The Hall–Kier alpha value is -1.48. The molecule has 1 aromatic carbocycles. The lowest BCUT2D eigenvalue weighted by Gasteiger charge is -1.98. The van der Waals surface area contributed by atoms with Crippen molar-refractivity contribution in [2.45, 2.75) is 11.9 Å². The lowest BCUT2D eigenvalue weighted by Crippen LogP contribution is -2.37. The molecule has 0 saturated carbocycles. The molecule has 0 spiro atoms. The largest absolute Gasteiger partial charge is 0.287 e. The van der Waals surface area contributed by atoms with Crippen LogP contribution in [0.15, 0.2) is 54.9 Å². The minimum Gasteiger partial charge on any atom is -0.287 e. The van der Waals surface area contributed by atoms with Gasteiger partial charge < -0.3 is 0 Å². The normalized spacial score (nSPS) is 10.2. The van der Waals surface area contributed by atoms with Gasteiger partial charge in [-0.15, -0.1) is 0 Å². The van der Waals surface area contributed by atoms with Crippen molar-refractivity contribution in [2.24, 2.45) is 0 Å². The monoisotopic (exact) mass is 290 g/mol. The summed E-state index contributed by atoms with van der Waals surface area (Å²) in [6, 6.07) is 13.4. The average molecular weight is 291 g/mol. The lowest BCUT2D eigenvalue weighted by molar-refractivity contribution is -0.683. The molecule has 2 rings (SSSR count). The van der Waals surface area contributed by atoms with Gasteiger partial charge in [-0.05, 0) is 5.56 Å². The predicted octanol–water partition coefficient (Wildman–Crippen LogP) is 2.75. The average Bonchev–Trinajstić information content (AvgIpc) is 2.40. The summed E-state index contributed by atoms with van der Waals surface area (Å²) in [6.45, 7) is 0.382. The van der Waals surface area contributed by atoms with Crippen molar-refractivity contribution in [1.29, 1.82) is 0 Å². The van der Waals surface area contributed by atoms with Crippen LogP contribution in [0.5, 0.6) is 0 Å². The summed E-state index contributed by atoms with van der Waals surface area (Å²) in [5.74, 6) is 0.127. The first-order chi connectivity index (χ1) is 8.29. The summed E-state index contributed by atoms with van der Waals surface area (Å²) in [5.41, 5.74) is 1.96. The molecule has 0 atom stereocenters. The number of nitrogens with zero attached hydrogens (tertiary/aromatic N) is 1. The quantitative estimate of drug-likeness (QED) is 0.482. The Morgan fingerprint density at radius 2 is 1.71 bits per heavy atom. The highest BCUT2D eigenvalue weighted by Gasteiger charge is 2.10. The molecule has 0 aliphatic rings. The van der Waals surface area contributed by atoms with Crippen molar-refractivity contribution in [2.75, 3.05) is 0 Å². The number of carbonyl (C=O) groups excluding carboxylic acids is 1. The Kier molecular flexibility index (Phi) is 4.04. The molecule has 1 aromatic heterocycles. The first-order valence-corrected chi connectivity index (χ1v) is 6.54. The van der Waals surface area contributed by atoms with E-state index in [1.807, 2.05) is 59.4 Å². The second kappa shape index (κ2) is 5.73. The Labute approximate surface area is 109 Å². The van der Waals surface area contributed by atoms with Gasteiger partial charge in [0.15, 0.2) is 12.4 Å². The van der Waals surface area contributed by atoms with Gasteiger partial charge in [0.25, 0.3) is 0 Å². The van der Waals surface area contributed by atoms with E-state index in [4.69, 9.17) is 0 Å². The van der Waals surface area contributed by atoms with Crippen LogP contribution in [0.25, 0.3) is 0 Å². The Balaban J connectivity index is 2.08. The molecule has 17 heavy (non-hydrogen) atoms. The smallest absolute Gasteiger partial charge is 0.227 e. The molecule has 0 bridgehead atoms. The standard InChI is InChI=1S/C14H13BrNO/c15-10-12-6-8-16(9-7-12)11-14(17)13-4-2-1-3-5-13/h1-9H,10-11H2/q+1. The van der Waals surface area contributed by atoms with Gasteiger partial charge in [-0.2, -0.15) is 4.57 Å². The zero-order valence-corrected chi connectivity index (χ0v) is 10.9. The second-order valence-electron chi connectivity index (χ2n) is 3.80. The van der Waals surface area contributed by atoms with Crippen LogP contribution in [0.1, 0.15) is 15.9 Å². The highest BCUT2D eigenvalue weighted by molar-refractivity contribution is 9.08. The third-order valence-electron chi connectivity index (χ3n) is 2.54. The number of halogens is 1. The Morgan fingerprint density at radius 1 is 1.06 bits per heavy atom. The minimum absolute atomic E-state index is 0.127. The third kappa shape index (κ3) is 3.24. The van der Waals surface area contributed by atoms with Gasteiger partial charge in [0.2, 0.25) is 12.3 Å². The highest BCUT2D eigenvalue weighted by atomic mass is 79.9. The number of carbonyl (C=O) groups is 1. The number of rotatable bonds is 4. The molecule has 1 heterocycles. The maximum absolute atomic E-state index is 11.9. The van der Waals surface area contributed by atoms with E-state index in [2.05, 4.69) is 15.9 Å². The number of alkyl halides is 1. The van der Waals surface area contributed by atoms with Gasteiger partial charge in [-0.25, -0.2) is 0 Å². The number of hydrogen-bond donors (Lipinski definition) is 0. The molecule has 0 aliphatic heterocycles. The number of ketones is 1. The summed E-state index contributed by atoms with van der Waals surface area (Å²) in [4.78, 5) is 11.9. The van der Waals surface area contributed by atoms with Crippen molar-refractivity contribution in [3.63, 3.8) is 0 Å². The predicted molar refractivity (Wildman–Crippen MR) is 70.0 cm³/mol. The minimum atomic E-state index is 0.127. The van der Waals surface area contributed by atoms with Gasteiger partial charge >= 0.3 is 0 Å². The van der Waals surface area contributed by atoms with Crippen molar-refractivity contribution in [3.05, 3.63) is 66.0 Å². The second-order valence-corrected chi connectivity index (χ2v) is 4.36. The fourth-order valence-corrected chi connectivity index (χ4v) is 1.94. The summed E-state index contributed by atoms with van der Waals surface area (Å²) < 4.78 is 1.89. The third-order valence-corrected chi connectivity index (χ3v) is 3.18. The van der Waals surface area contributed by atoms with E-state index in [-0.39, 0.29) is 5.78 Å². The van der Waals surface area contributed by atoms with E-state index in [1.165, 1.54) is 5.56 Å². The molecule has 0 amide bonds. The molecule has 0 N–H and O–H groups in total. The summed E-state index contributed by atoms with van der Waals surface area (Å²) in [7, 11) is 0. The van der Waals surface area contributed by atoms with E-state index in [1.54, 1.807) is 0 Å². The molecule has 3 heteroatoms. The van der Waals surface area contributed by atoms with Crippen molar-refractivity contribution in [3.8, 4) is 0 Å². The molecule has 0 aliphatic carbocycles. The zero-order chi connectivity index (χ0) is 12.1. The molecule has 0 unspecified atom stereocenters. The fourth-order valence-electron chi connectivity index (χ4n) is 1.56. The first-order valence-electron chi connectivity index (χ1n) is 5.42. The maximum Gasteiger partial charge on any atom is 0.227 e. The summed E-state index contributed by atoms with van der Waals surface area (Å²) >= 11 is 3.39. The van der Waals surface area contributed by atoms with Crippen LogP contribution >= 0.6 is 15.9 Å². The van der Waals surface area contributed by atoms with Gasteiger partial charge in [0.1, 0.15) is 0 Å². The van der Waals surface area contributed by atoms with Crippen LogP contribution in [0, 0.1) is 0 Å². The van der Waals surface area contributed by atoms with Crippen LogP contribution in [0.3, 0.4) is 0 Å². The molecular formula is C14H13BrNO+. The van der Waals surface area contributed by atoms with E-state index < -0.39 is 0 Å². The van der Waals surface area contributed by atoms with Gasteiger partial charge in [0, 0.05) is 23.0 Å². The fraction of sp³-hybridized carbons (Fsp3) is 0.143. The SMILES string of the molecule is O=C(C[n+]1ccc(CBr)cc1)c1ccccc1. The van der Waals surface area contributed by atoms with Gasteiger partial charge in [0.05, 0.1) is 0 Å². The maximum atomic E-state index is 11.9. The van der Waals surface area contributed by atoms with Gasteiger partial charge in [-0.3, -0.25) is 4.79 Å². The topological polar surface area (TPSA) is 20.9 Å². The molecule has 2 nitrogen and oxygen atoms in total. The first kappa shape index (κ1) is 12.0. The molecule has 2 aromatic rings. The van der Waals surface area contributed by atoms with Crippen LogP contribution in [-0.2, 0) is 11.9 Å². The van der Waals surface area contributed by atoms with Crippen molar-refractivity contribution in [1.82, 2.24) is 0 Å². The van der Waals surface area contributed by atoms with Crippen molar-refractivity contribution >= 4 is 21.7 Å². The Bertz CT molecular complexity index is 493. The van der Waals surface area contributed by atoms with Crippen molar-refractivity contribution < 1.29 is 9.36 Å². The number of Topliss-reactive ketones (excluding diaryl/α,β-unsaturated/α-hetero) is 1. The molecule has 0 saturated heterocycles. The molecule has 0 radical (unpaired) electrons. The lowest BCUT2D eigenvalue weighted by atomic mass is 10.1. The van der Waals surface area contributed by atoms with Crippen LogP contribution in [0.4, 0.5) is 0 Å². The van der Waals surface area contributed by atoms with E-state index >= 15 is 0 Å². The van der Waals surface area contributed by atoms with E-state index in [9.17, 15) is 4.79 Å². The molecular weight excluding hydrogens is 278 g/mol. The number of hydrogen-bond acceptors (Lipinski definition) is 1. The number of aromatic nitrogens is 1. The number of benzene rings is 1. The zero-order valence-electron chi connectivity index (χ0n) is 9.34. The Morgan fingerprint density at radius 3 is 2.29 bits per heavy atom. The highest BCUT2D eigenvalue weighted by Crippen LogP contribution is 2.02. The van der Waals surface area contributed by atoms with Gasteiger partial charge in [-0.1, -0.05) is 46.3 Å². The van der Waals surface area contributed by atoms with E-state index in [0.29, 0.717) is 6.54 Å². The molecule has 0 fully saturated rings. The summed E-state index contributed by atoms with van der Waals surface area (Å²) in [6.07, 6.45) is 3.86. The van der Waals surface area contributed by atoms with Crippen LogP contribution in [-0.4, -0.2) is 5.78 Å². The molecule has 86 valence electrons. The number of pyridine rings is 1. The van der Waals surface area contributed by atoms with Crippen LogP contribution < -0.4 is 4.57 Å². The summed E-state index contributed by atoms with van der Waals surface area (Å²) in [5, 5.41) is 0.834. The van der Waals surface area contributed by atoms with E-state index in [0.717, 1.165) is 10.9 Å². The van der Waals surface area contributed by atoms with Crippen LogP contribution in [0.2, 0.25) is 0 Å².